The number of hydrogen-bond acceptors (Lipinski definition) is 5. The van der Waals surface area contributed by atoms with Crippen LogP contribution in [0.25, 0.3) is 0 Å². The van der Waals surface area contributed by atoms with Gasteiger partial charge in [0.05, 0.1) is 17.1 Å². The molecule has 1 aliphatic heterocycles. The van der Waals surface area contributed by atoms with Gasteiger partial charge in [0.15, 0.2) is 0 Å². The number of nitrogens with zero attached hydrogens (tertiary/aromatic N) is 3. The zero-order valence-corrected chi connectivity index (χ0v) is 18.6. The zero-order chi connectivity index (χ0) is 22.4. The lowest BCUT2D eigenvalue weighted by Gasteiger charge is -2.32. The van der Waals surface area contributed by atoms with E-state index in [0.717, 1.165) is 11.3 Å². The molecule has 2 aromatic carbocycles. The first-order chi connectivity index (χ1) is 14.9. The van der Waals surface area contributed by atoms with Crippen molar-refractivity contribution in [3.63, 3.8) is 0 Å². The number of benzene rings is 2. The molecule has 0 aromatic heterocycles. The maximum Gasteiger partial charge on any atom is 0.244 e. The van der Waals surface area contributed by atoms with E-state index in [1.807, 2.05) is 37.3 Å². The number of piperidine rings is 1. The molecule has 0 unspecified atom stereocenters. The molecule has 0 saturated carbocycles. The van der Waals surface area contributed by atoms with Gasteiger partial charge in [0.25, 0.3) is 0 Å². The van der Waals surface area contributed by atoms with Gasteiger partial charge in [-0.05, 0) is 49.6 Å². The van der Waals surface area contributed by atoms with Crippen molar-refractivity contribution in [1.29, 1.82) is 5.26 Å². The van der Waals surface area contributed by atoms with Crippen LogP contribution in [0.15, 0.2) is 53.4 Å². The van der Waals surface area contributed by atoms with Crippen LogP contribution in [0.4, 0.5) is 0 Å². The SMILES string of the molecule is CCOc1ccc(CN(C)C(=O)C2CCN(S(=O)(=O)c3ccccc3C#N)CC2)cc1. The lowest BCUT2D eigenvalue weighted by atomic mass is 9.96. The minimum absolute atomic E-state index is 0.0170. The van der Waals surface area contributed by atoms with Gasteiger partial charge in [-0.25, -0.2) is 8.42 Å². The van der Waals surface area contributed by atoms with Gasteiger partial charge in [-0.2, -0.15) is 9.57 Å². The van der Waals surface area contributed by atoms with Crippen LogP contribution < -0.4 is 4.74 Å². The lowest BCUT2D eigenvalue weighted by molar-refractivity contribution is -0.135. The second-order valence-electron chi connectivity index (χ2n) is 7.56. The highest BCUT2D eigenvalue weighted by Crippen LogP contribution is 2.27. The van der Waals surface area contributed by atoms with Crippen molar-refractivity contribution in [1.82, 2.24) is 9.21 Å². The summed E-state index contributed by atoms with van der Waals surface area (Å²) in [5.74, 6) is 0.598. The smallest absolute Gasteiger partial charge is 0.244 e. The number of nitriles is 1. The Morgan fingerprint density at radius 2 is 1.81 bits per heavy atom. The molecule has 0 aliphatic carbocycles. The van der Waals surface area contributed by atoms with Crippen LogP contribution >= 0.6 is 0 Å². The van der Waals surface area contributed by atoms with E-state index in [0.29, 0.717) is 26.0 Å². The quantitative estimate of drug-likeness (QED) is 0.659. The normalized spacial score (nSPS) is 15.3. The summed E-state index contributed by atoms with van der Waals surface area (Å²) >= 11 is 0. The second kappa shape index (κ2) is 9.94. The molecule has 1 amide bonds. The first-order valence-corrected chi connectivity index (χ1v) is 11.8. The predicted molar refractivity (Wildman–Crippen MR) is 117 cm³/mol. The van der Waals surface area contributed by atoms with E-state index < -0.39 is 10.0 Å². The molecule has 0 bridgehead atoms. The fourth-order valence-electron chi connectivity index (χ4n) is 3.79. The Morgan fingerprint density at radius 1 is 1.16 bits per heavy atom. The average molecular weight is 442 g/mol. The van der Waals surface area contributed by atoms with Gasteiger partial charge in [0, 0.05) is 32.6 Å². The van der Waals surface area contributed by atoms with E-state index in [2.05, 4.69) is 0 Å². The van der Waals surface area contributed by atoms with E-state index in [9.17, 15) is 18.5 Å². The fraction of sp³-hybridized carbons (Fsp3) is 0.391. The predicted octanol–water partition coefficient (Wildman–Crippen LogP) is 3.02. The molecule has 0 radical (unpaired) electrons. The number of carbonyl (C=O) groups excluding carboxylic acids is 1. The zero-order valence-electron chi connectivity index (χ0n) is 17.8. The first kappa shape index (κ1) is 22.8. The van der Waals surface area contributed by atoms with Crippen LogP contribution in [0.3, 0.4) is 0 Å². The first-order valence-electron chi connectivity index (χ1n) is 10.3. The molecule has 1 fully saturated rings. The van der Waals surface area contributed by atoms with Gasteiger partial charge in [-0.3, -0.25) is 4.79 Å². The molecule has 0 N–H and O–H groups in total. The van der Waals surface area contributed by atoms with Crippen LogP contribution in [0.5, 0.6) is 5.75 Å². The fourth-order valence-corrected chi connectivity index (χ4v) is 5.40. The van der Waals surface area contributed by atoms with E-state index in [1.165, 1.54) is 16.4 Å². The van der Waals surface area contributed by atoms with Crippen molar-refractivity contribution in [2.24, 2.45) is 5.92 Å². The molecule has 7 nitrogen and oxygen atoms in total. The van der Waals surface area contributed by atoms with Crippen molar-refractivity contribution >= 4 is 15.9 Å². The summed E-state index contributed by atoms with van der Waals surface area (Å²) in [4.78, 5) is 14.6. The molecule has 31 heavy (non-hydrogen) atoms. The molecule has 0 spiro atoms. The number of amides is 1. The second-order valence-corrected chi connectivity index (χ2v) is 9.46. The van der Waals surface area contributed by atoms with Gasteiger partial charge >= 0.3 is 0 Å². The van der Waals surface area contributed by atoms with Crippen LogP contribution in [-0.4, -0.2) is 50.3 Å². The van der Waals surface area contributed by atoms with Gasteiger partial charge in [0.1, 0.15) is 11.8 Å². The Kier molecular flexibility index (Phi) is 7.31. The summed E-state index contributed by atoms with van der Waals surface area (Å²) in [5.41, 5.74) is 1.14. The highest BCUT2D eigenvalue weighted by Gasteiger charge is 2.34. The molecule has 164 valence electrons. The number of sulfonamides is 1. The molecule has 8 heteroatoms. The third-order valence-electron chi connectivity index (χ3n) is 5.46. The van der Waals surface area contributed by atoms with Crippen LogP contribution in [-0.2, 0) is 21.4 Å². The Hall–Kier alpha value is -2.89. The number of carbonyl (C=O) groups is 1. The standard InChI is InChI=1S/C23H27N3O4S/c1-3-30-21-10-8-18(9-11-21)17-25(2)23(27)19-12-14-26(15-13-19)31(28,29)22-7-5-4-6-20(22)16-24/h4-11,19H,3,12-15,17H2,1-2H3. The molecule has 1 saturated heterocycles. The van der Waals surface area contributed by atoms with Crippen LogP contribution in [0.1, 0.15) is 30.9 Å². The van der Waals surface area contributed by atoms with Crippen LogP contribution in [0, 0.1) is 17.2 Å². The largest absolute Gasteiger partial charge is 0.494 e. The summed E-state index contributed by atoms with van der Waals surface area (Å²) in [5, 5.41) is 9.23. The van der Waals surface area contributed by atoms with Crippen molar-refractivity contribution < 1.29 is 17.9 Å². The Bertz CT molecular complexity index is 1050. The maximum absolute atomic E-state index is 13.0. The van der Waals surface area contributed by atoms with Gasteiger partial charge in [-0.15, -0.1) is 0 Å². The van der Waals surface area contributed by atoms with Crippen molar-refractivity contribution in [2.45, 2.75) is 31.2 Å². The van der Waals surface area contributed by atoms with Crippen LogP contribution in [0.2, 0.25) is 0 Å². The Morgan fingerprint density at radius 3 is 2.42 bits per heavy atom. The molecule has 3 rings (SSSR count). The van der Waals surface area contributed by atoms with E-state index >= 15 is 0 Å². The van der Waals surface area contributed by atoms with E-state index in [1.54, 1.807) is 24.1 Å². The number of hydrogen-bond donors (Lipinski definition) is 0. The van der Waals surface area contributed by atoms with Crippen molar-refractivity contribution in [3.8, 4) is 11.8 Å². The summed E-state index contributed by atoms with van der Waals surface area (Å²) in [7, 11) is -1.99. The van der Waals surface area contributed by atoms with Gasteiger partial charge < -0.3 is 9.64 Å². The topological polar surface area (TPSA) is 90.7 Å². The van der Waals surface area contributed by atoms with Crippen molar-refractivity contribution in [2.75, 3.05) is 26.7 Å². The monoisotopic (exact) mass is 441 g/mol. The highest BCUT2D eigenvalue weighted by molar-refractivity contribution is 7.89. The molecule has 1 heterocycles. The Balaban J connectivity index is 1.59. The summed E-state index contributed by atoms with van der Waals surface area (Å²) < 4.78 is 32.7. The minimum atomic E-state index is -3.76. The third kappa shape index (κ3) is 5.24. The molecular formula is C23H27N3O4S. The molecule has 2 aromatic rings. The van der Waals surface area contributed by atoms with Gasteiger partial charge in [0.2, 0.25) is 15.9 Å². The summed E-state index contributed by atoms with van der Waals surface area (Å²) in [6.07, 6.45) is 0.917. The summed E-state index contributed by atoms with van der Waals surface area (Å²) in [6.45, 7) is 3.54. The average Bonchev–Trinajstić information content (AvgIpc) is 2.80. The number of ether oxygens (including phenoxy) is 1. The molecule has 1 aliphatic rings. The molecule has 0 atom stereocenters. The lowest BCUT2D eigenvalue weighted by Crippen LogP contribution is -2.43. The highest BCUT2D eigenvalue weighted by atomic mass is 32.2. The van der Waals surface area contributed by atoms with Gasteiger partial charge in [-0.1, -0.05) is 24.3 Å². The van der Waals surface area contributed by atoms with E-state index in [-0.39, 0.29) is 35.4 Å². The van der Waals surface area contributed by atoms with Crippen molar-refractivity contribution in [3.05, 3.63) is 59.7 Å². The number of rotatable bonds is 7. The third-order valence-corrected chi connectivity index (χ3v) is 7.42. The summed E-state index contributed by atoms with van der Waals surface area (Å²) in [6, 6.07) is 15.8. The maximum atomic E-state index is 13.0. The minimum Gasteiger partial charge on any atom is -0.494 e. The molecular weight excluding hydrogens is 414 g/mol. The Labute approximate surface area is 183 Å². The van der Waals surface area contributed by atoms with E-state index in [4.69, 9.17) is 4.74 Å².